The van der Waals surface area contributed by atoms with Crippen LogP contribution in [-0.4, -0.2) is 10.2 Å². The molecule has 17 heavy (non-hydrogen) atoms. The molecule has 2 rings (SSSR count). The Morgan fingerprint density at radius 2 is 1.82 bits per heavy atom. The molecule has 0 aliphatic rings. The van der Waals surface area contributed by atoms with Crippen LogP contribution >= 0.6 is 46.6 Å². The molecule has 0 atom stereocenters. The Hall–Kier alpha value is -0.480. The fourth-order valence-corrected chi connectivity index (χ4v) is 2.88. The molecule has 0 saturated carbocycles. The van der Waals surface area contributed by atoms with Crippen LogP contribution in [-0.2, 0) is 5.75 Å². The fraction of sp³-hybridized carbons (Fsp3) is 0.0909. The smallest absolute Gasteiger partial charge is 0.137 e. The third-order valence-corrected chi connectivity index (χ3v) is 4.05. The Bertz CT molecular complexity index is 534. The maximum atomic E-state index is 6.06. The van der Waals surface area contributed by atoms with E-state index in [0.29, 0.717) is 16.1 Å². The molecule has 0 aliphatic carbocycles. The van der Waals surface area contributed by atoms with Crippen LogP contribution in [0, 0.1) is 0 Å². The monoisotopic (exact) mass is 304 g/mol. The van der Waals surface area contributed by atoms with Gasteiger partial charge in [0.1, 0.15) is 0 Å². The highest BCUT2D eigenvalue weighted by molar-refractivity contribution is 7.98. The van der Waals surface area contributed by atoms with E-state index in [-0.39, 0.29) is 0 Å². The van der Waals surface area contributed by atoms with Crippen LogP contribution in [0.15, 0.2) is 35.2 Å². The van der Waals surface area contributed by atoms with Crippen molar-refractivity contribution >= 4 is 46.6 Å². The summed E-state index contributed by atoms with van der Waals surface area (Å²) < 4.78 is 0. The van der Waals surface area contributed by atoms with Gasteiger partial charge in [-0.05, 0) is 17.7 Å². The first-order valence-electron chi connectivity index (χ1n) is 4.72. The Morgan fingerprint density at radius 3 is 2.59 bits per heavy atom. The van der Waals surface area contributed by atoms with Crippen molar-refractivity contribution in [2.24, 2.45) is 0 Å². The minimum Gasteiger partial charge on any atom is -0.137 e. The lowest BCUT2D eigenvalue weighted by Crippen LogP contribution is -1.87. The minimum absolute atomic E-state index is 0.330. The van der Waals surface area contributed by atoms with Crippen LogP contribution in [0.5, 0.6) is 0 Å². The topological polar surface area (TPSA) is 25.8 Å². The predicted octanol–water partition coefficient (Wildman–Crippen LogP) is 4.73. The molecule has 88 valence electrons. The third-order valence-electron chi connectivity index (χ3n) is 2.03. The summed E-state index contributed by atoms with van der Waals surface area (Å²) in [5, 5.41) is 8.82. The van der Waals surface area contributed by atoms with Crippen molar-refractivity contribution in [3.8, 4) is 0 Å². The molecule has 0 bridgehead atoms. The van der Waals surface area contributed by atoms with Crippen LogP contribution in [0.3, 0.4) is 0 Å². The standard InChI is InChI=1S/C11H7Cl3N2S/c12-8-4-2-1-3-7(8)6-17-9-5-10(13)15-16-11(9)14/h1-5H,6H2. The van der Waals surface area contributed by atoms with Crippen molar-refractivity contribution in [1.82, 2.24) is 10.2 Å². The molecule has 0 unspecified atom stereocenters. The van der Waals surface area contributed by atoms with Gasteiger partial charge in [0.25, 0.3) is 0 Å². The Labute approximate surface area is 118 Å². The summed E-state index contributed by atoms with van der Waals surface area (Å²) in [5.41, 5.74) is 1.04. The summed E-state index contributed by atoms with van der Waals surface area (Å²) in [6, 6.07) is 9.37. The number of halogens is 3. The van der Waals surface area contributed by atoms with Gasteiger partial charge in [0.2, 0.25) is 0 Å². The van der Waals surface area contributed by atoms with Crippen LogP contribution in [0.4, 0.5) is 0 Å². The molecule has 1 heterocycles. The summed E-state index contributed by atoms with van der Waals surface area (Å²) in [4.78, 5) is 0.798. The highest BCUT2D eigenvalue weighted by atomic mass is 35.5. The van der Waals surface area contributed by atoms with Crippen molar-refractivity contribution < 1.29 is 0 Å². The van der Waals surface area contributed by atoms with E-state index in [4.69, 9.17) is 34.8 Å². The summed E-state index contributed by atoms with van der Waals surface area (Å²) in [6.45, 7) is 0. The lowest BCUT2D eigenvalue weighted by Gasteiger charge is -2.05. The van der Waals surface area contributed by atoms with E-state index >= 15 is 0 Å². The van der Waals surface area contributed by atoms with E-state index in [0.717, 1.165) is 15.5 Å². The van der Waals surface area contributed by atoms with Crippen molar-refractivity contribution in [3.05, 3.63) is 51.2 Å². The first-order chi connectivity index (χ1) is 8.16. The lowest BCUT2D eigenvalue weighted by atomic mass is 10.2. The lowest BCUT2D eigenvalue weighted by molar-refractivity contribution is 0.998. The van der Waals surface area contributed by atoms with Gasteiger partial charge in [0.05, 0.1) is 4.90 Å². The number of benzene rings is 1. The molecule has 0 radical (unpaired) electrons. The number of aromatic nitrogens is 2. The fourth-order valence-electron chi connectivity index (χ4n) is 1.21. The molecule has 0 N–H and O–H groups in total. The van der Waals surface area contributed by atoms with Gasteiger partial charge in [-0.1, -0.05) is 53.0 Å². The molecule has 0 aliphatic heterocycles. The molecule has 0 saturated heterocycles. The van der Waals surface area contributed by atoms with Gasteiger partial charge >= 0.3 is 0 Å². The van der Waals surface area contributed by atoms with E-state index in [2.05, 4.69) is 10.2 Å². The van der Waals surface area contributed by atoms with E-state index in [1.807, 2.05) is 24.3 Å². The second kappa shape index (κ2) is 5.91. The van der Waals surface area contributed by atoms with Crippen LogP contribution in [0.1, 0.15) is 5.56 Å². The number of nitrogens with zero attached hydrogens (tertiary/aromatic N) is 2. The zero-order valence-electron chi connectivity index (χ0n) is 8.53. The minimum atomic E-state index is 0.330. The number of rotatable bonds is 3. The number of hydrogen-bond donors (Lipinski definition) is 0. The molecule has 2 nitrogen and oxygen atoms in total. The van der Waals surface area contributed by atoms with Gasteiger partial charge in [-0.3, -0.25) is 0 Å². The van der Waals surface area contributed by atoms with Gasteiger partial charge in [-0.25, -0.2) is 0 Å². The van der Waals surface area contributed by atoms with Crippen molar-refractivity contribution in [1.29, 1.82) is 0 Å². The third kappa shape index (κ3) is 3.49. The molecule has 2 aromatic rings. The van der Waals surface area contributed by atoms with E-state index < -0.39 is 0 Å². The average Bonchev–Trinajstić information content (AvgIpc) is 2.32. The SMILES string of the molecule is Clc1cc(SCc2ccccc2Cl)c(Cl)nn1. The highest BCUT2D eigenvalue weighted by Crippen LogP contribution is 2.31. The maximum Gasteiger partial charge on any atom is 0.165 e. The zero-order chi connectivity index (χ0) is 12.3. The van der Waals surface area contributed by atoms with Gasteiger partial charge < -0.3 is 0 Å². The second-order valence-corrected chi connectivity index (χ2v) is 5.37. The van der Waals surface area contributed by atoms with Gasteiger partial charge in [0, 0.05) is 10.8 Å². The van der Waals surface area contributed by atoms with Crippen LogP contribution in [0.2, 0.25) is 15.3 Å². The van der Waals surface area contributed by atoms with Gasteiger partial charge in [-0.2, -0.15) is 0 Å². The summed E-state index contributed by atoms with van der Waals surface area (Å²) in [7, 11) is 0. The van der Waals surface area contributed by atoms with Crippen molar-refractivity contribution in [2.75, 3.05) is 0 Å². The maximum absolute atomic E-state index is 6.06. The molecule has 1 aromatic carbocycles. The predicted molar refractivity (Wildman–Crippen MR) is 73.1 cm³/mol. The molecular weight excluding hydrogens is 299 g/mol. The summed E-state index contributed by atoms with van der Waals surface area (Å²) in [5.74, 6) is 0.710. The Balaban J connectivity index is 2.12. The normalized spacial score (nSPS) is 10.5. The molecule has 0 spiro atoms. The van der Waals surface area contributed by atoms with Crippen molar-refractivity contribution in [3.63, 3.8) is 0 Å². The zero-order valence-corrected chi connectivity index (χ0v) is 11.6. The number of hydrogen-bond acceptors (Lipinski definition) is 3. The molecule has 0 amide bonds. The largest absolute Gasteiger partial charge is 0.165 e. The van der Waals surface area contributed by atoms with E-state index in [1.54, 1.807) is 6.07 Å². The molecule has 6 heteroatoms. The van der Waals surface area contributed by atoms with E-state index in [9.17, 15) is 0 Å². The van der Waals surface area contributed by atoms with Crippen LogP contribution in [0.25, 0.3) is 0 Å². The molecule has 0 fully saturated rings. The molecule has 1 aromatic heterocycles. The van der Waals surface area contributed by atoms with E-state index in [1.165, 1.54) is 11.8 Å². The van der Waals surface area contributed by atoms with Gasteiger partial charge in [0.15, 0.2) is 10.3 Å². The van der Waals surface area contributed by atoms with Gasteiger partial charge in [-0.15, -0.1) is 22.0 Å². The second-order valence-electron chi connectivity index (χ2n) is 3.20. The summed E-state index contributed by atoms with van der Waals surface area (Å²) >= 11 is 19.3. The highest BCUT2D eigenvalue weighted by Gasteiger charge is 2.06. The first kappa shape index (κ1) is 13.0. The quantitative estimate of drug-likeness (QED) is 0.767. The Kier molecular flexibility index (Phi) is 4.51. The number of thioether (sulfide) groups is 1. The molecular formula is C11H7Cl3N2S. The van der Waals surface area contributed by atoms with Crippen molar-refractivity contribution in [2.45, 2.75) is 10.6 Å². The first-order valence-corrected chi connectivity index (χ1v) is 6.83. The van der Waals surface area contributed by atoms with Crippen LogP contribution < -0.4 is 0 Å². The summed E-state index contributed by atoms with van der Waals surface area (Å²) in [6.07, 6.45) is 0. The average molecular weight is 306 g/mol. The Morgan fingerprint density at radius 1 is 1.06 bits per heavy atom.